The zero-order valence-corrected chi connectivity index (χ0v) is 18.7. The number of methoxy groups -OCH3 is 1. The minimum Gasteiger partial charge on any atom is -0.493 e. The molecule has 0 spiro atoms. The molecule has 0 radical (unpaired) electrons. The van der Waals surface area contributed by atoms with E-state index in [-0.39, 0.29) is 17.9 Å². The molecule has 0 unspecified atom stereocenters. The maximum absolute atomic E-state index is 13.5. The number of hydrogen-bond acceptors (Lipinski definition) is 5. The van der Waals surface area contributed by atoms with Crippen LogP contribution in [0.4, 0.5) is 0 Å². The molecule has 2 amide bonds. The van der Waals surface area contributed by atoms with E-state index in [1.165, 1.54) is 0 Å². The lowest BCUT2D eigenvalue weighted by Crippen LogP contribution is -2.49. The Morgan fingerprint density at radius 3 is 2.47 bits per heavy atom. The molecule has 2 heterocycles. The molecule has 2 aliphatic rings. The van der Waals surface area contributed by atoms with E-state index in [0.29, 0.717) is 61.2 Å². The monoisotopic (exact) mass is 438 g/mol. The highest BCUT2D eigenvalue weighted by atomic mass is 16.6. The van der Waals surface area contributed by atoms with Crippen LogP contribution in [0.25, 0.3) is 0 Å². The Kier molecular flexibility index (Phi) is 6.83. The van der Waals surface area contributed by atoms with Gasteiger partial charge in [-0.25, -0.2) is 0 Å². The first-order valence-electron chi connectivity index (χ1n) is 11.2. The van der Waals surface area contributed by atoms with Crippen molar-refractivity contribution in [3.05, 3.63) is 53.6 Å². The number of benzene rings is 2. The van der Waals surface area contributed by atoms with Crippen LogP contribution >= 0.6 is 0 Å². The van der Waals surface area contributed by atoms with Gasteiger partial charge in [-0.05, 0) is 43.5 Å². The van der Waals surface area contributed by atoms with E-state index in [4.69, 9.17) is 14.2 Å². The third-order valence-corrected chi connectivity index (χ3v) is 6.01. The van der Waals surface area contributed by atoms with Crippen LogP contribution in [0.2, 0.25) is 0 Å². The summed E-state index contributed by atoms with van der Waals surface area (Å²) in [5, 5.41) is 0. The van der Waals surface area contributed by atoms with Crippen molar-refractivity contribution < 1.29 is 23.8 Å². The van der Waals surface area contributed by atoms with E-state index in [1.807, 2.05) is 40.1 Å². The Hall–Kier alpha value is -3.22. The predicted octanol–water partition coefficient (Wildman–Crippen LogP) is 3.62. The lowest BCUT2D eigenvalue weighted by Gasteiger charge is -2.38. The van der Waals surface area contributed by atoms with E-state index in [0.717, 1.165) is 19.3 Å². The summed E-state index contributed by atoms with van der Waals surface area (Å²) >= 11 is 0. The van der Waals surface area contributed by atoms with Crippen LogP contribution in [-0.2, 0) is 0 Å². The van der Waals surface area contributed by atoms with E-state index in [1.54, 1.807) is 19.2 Å². The molecule has 1 saturated heterocycles. The van der Waals surface area contributed by atoms with Gasteiger partial charge < -0.3 is 24.0 Å². The molecule has 0 bridgehead atoms. The number of fused-ring (bicyclic) bond motifs is 1. The average molecular weight is 439 g/mol. The summed E-state index contributed by atoms with van der Waals surface area (Å²) in [5.41, 5.74) is 1.23. The molecular formula is C25H30N2O5. The van der Waals surface area contributed by atoms with Gasteiger partial charge in [-0.3, -0.25) is 9.59 Å². The second-order valence-corrected chi connectivity index (χ2v) is 8.09. The van der Waals surface area contributed by atoms with Crippen molar-refractivity contribution in [2.45, 2.75) is 32.2 Å². The Morgan fingerprint density at radius 2 is 1.78 bits per heavy atom. The van der Waals surface area contributed by atoms with Crippen molar-refractivity contribution in [1.82, 2.24) is 9.80 Å². The van der Waals surface area contributed by atoms with E-state index in [9.17, 15) is 9.59 Å². The fraction of sp³-hybridized carbons (Fsp3) is 0.440. The van der Waals surface area contributed by atoms with Crippen LogP contribution < -0.4 is 14.2 Å². The number of nitrogens with zero attached hydrogens (tertiary/aromatic N) is 2. The quantitative estimate of drug-likeness (QED) is 0.689. The molecule has 170 valence electrons. The lowest BCUT2D eigenvalue weighted by molar-refractivity contribution is 0.0518. The van der Waals surface area contributed by atoms with Gasteiger partial charge in [0.05, 0.1) is 7.11 Å². The normalized spacial score (nSPS) is 15.9. The highest BCUT2D eigenvalue weighted by molar-refractivity contribution is 5.96. The number of hydrogen-bond donors (Lipinski definition) is 0. The Bertz CT molecular complexity index is 937. The SMILES string of the molecule is CCCN(C(=O)c1cc(OC)c2c(c1)OCCO2)C1CCN(C(=O)c2ccccc2)CC1. The predicted molar refractivity (Wildman–Crippen MR) is 121 cm³/mol. The summed E-state index contributed by atoms with van der Waals surface area (Å²) in [6.07, 6.45) is 2.37. The number of carbonyl (C=O) groups is 2. The third kappa shape index (κ3) is 4.52. The first kappa shape index (κ1) is 22.0. The largest absolute Gasteiger partial charge is 0.493 e. The van der Waals surface area contributed by atoms with Gasteiger partial charge in [-0.1, -0.05) is 25.1 Å². The number of rotatable bonds is 6. The van der Waals surface area contributed by atoms with Crippen LogP contribution in [-0.4, -0.2) is 67.6 Å². The highest BCUT2D eigenvalue weighted by Crippen LogP contribution is 2.40. The van der Waals surface area contributed by atoms with E-state index < -0.39 is 0 Å². The highest BCUT2D eigenvalue weighted by Gasteiger charge is 2.31. The molecule has 0 N–H and O–H groups in total. The number of likely N-dealkylation sites (tertiary alicyclic amines) is 1. The lowest BCUT2D eigenvalue weighted by atomic mass is 10.0. The fourth-order valence-electron chi connectivity index (χ4n) is 4.40. The van der Waals surface area contributed by atoms with Gasteiger partial charge in [-0.2, -0.15) is 0 Å². The maximum Gasteiger partial charge on any atom is 0.254 e. The average Bonchev–Trinajstić information content (AvgIpc) is 2.86. The maximum atomic E-state index is 13.5. The molecule has 1 fully saturated rings. The Morgan fingerprint density at radius 1 is 1.06 bits per heavy atom. The Balaban J connectivity index is 1.48. The van der Waals surface area contributed by atoms with Gasteiger partial charge in [0.25, 0.3) is 11.8 Å². The van der Waals surface area contributed by atoms with Crippen molar-refractivity contribution in [2.75, 3.05) is 40.0 Å². The molecule has 0 atom stereocenters. The number of piperidine rings is 1. The third-order valence-electron chi connectivity index (χ3n) is 6.01. The molecule has 7 nitrogen and oxygen atoms in total. The summed E-state index contributed by atoms with van der Waals surface area (Å²) in [6, 6.07) is 12.9. The Labute approximate surface area is 188 Å². The minimum absolute atomic E-state index is 0.0463. The molecule has 2 aromatic carbocycles. The molecule has 7 heteroatoms. The van der Waals surface area contributed by atoms with Gasteiger partial charge in [0.15, 0.2) is 11.5 Å². The topological polar surface area (TPSA) is 68.3 Å². The molecule has 0 aliphatic carbocycles. The summed E-state index contributed by atoms with van der Waals surface area (Å²) in [6.45, 7) is 4.90. The molecule has 4 rings (SSSR count). The van der Waals surface area contributed by atoms with Crippen molar-refractivity contribution in [3.8, 4) is 17.2 Å². The molecule has 2 aliphatic heterocycles. The van der Waals surface area contributed by atoms with Crippen LogP contribution in [0.15, 0.2) is 42.5 Å². The second-order valence-electron chi connectivity index (χ2n) is 8.09. The van der Waals surface area contributed by atoms with Crippen molar-refractivity contribution in [3.63, 3.8) is 0 Å². The van der Waals surface area contributed by atoms with Crippen LogP contribution in [0, 0.1) is 0 Å². The molecule has 32 heavy (non-hydrogen) atoms. The number of amides is 2. The molecule has 2 aromatic rings. The summed E-state index contributed by atoms with van der Waals surface area (Å²) in [5.74, 6) is 1.60. The first-order chi connectivity index (χ1) is 15.6. The van der Waals surface area contributed by atoms with Gasteiger partial charge in [0.2, 0.25) is 5.75 Å². The molecular weight excluding hydrogens is 408 g/mol. The van der Waals surface area contributed by atoms with Gasteiger partial charge >= 0.3 is 0 Å². The van der Waals surface area contributed by atoms with Gasteiger partial charge in [0, 0.05) is 36.8 Å². The molecule has 0 aromatic heterocycles. The fourth-order valence-corrected chi connectivity index (χ4v) is 4.40. The van der Waals surface area contributed by atoms with Crippen LogP contribution in [0.3, 0.4) is 0 Å². The van der Waals surface area contributed by atoms with Crippen molar-refractivity contribution in [1.29, 1.82) is 0 Å². The first-order valence-corrected chi connectivity index (χ1v) is 11.2. The van der Waals surface area contributed by atoms with Gasteiger partial charge in [0.1, 0.15) is 13.2 Å². The summed E-state index contributed by atoms with van der Waals surface area (Å²) in [7, 11) is 1.56. The zero-order valence-electron chi connectivity index (χ0n) is 18.7. The number of carbonyl (C=O) groups excluding carboxylic acids is 2. The second kappa shape index (κ2) is 9.94. The van der Waals surface area contributed by atoms with Crippen molar-refractivity contribution >= 4 is 11.8 Å². The summed E-state index contributed by atoms with van der Waals surface area (Å²) < 4.78 is 16.8. The van der Waals surface area contributed by atoms with E-state index in [2.05, 4.69) is 6.92 Å². The van der Waals surface area contributed by atoms with Crippen molar-refractivity contribution in [2.24, 2.45) is 0 Å². The molecule has 0 saturated carbocycles. The minimum atomic E-state index is -0.0463. The summed E-state index contributed by atoms with van der Waals surface area (Å²) in [4.78, 5) is 30.1. The number of ether oxygens (including phenoxy) is 3. The standard InChI is InChI=1S/C25H30N2O5/c1-3-11-27(20-9-12-26(13-10-20)24(28)18-7-5-4-6-8-18)25(29)19-16-21(30-2)23-22(17-19)31-14-15-32-23/h4-8,16-17,20H,3,9-15H2,1-2H3. The van der Waals surface area contributed by atoms with E-state index >= 15 is 0 Å². The zero-order chi connectivity index (χ0) is 22.5. The van der Waals surface area contributed by atoms with Crippen LogP contribution in [0.5, 0.6) is 17.2 Å². The smallest absolute Gasteiger partial charge is 0.254 e. The van der Waals surface area contributed by atoms with Crippen LogP contribution in [0.1, 0.15) is 46.9 Å². The van der Waals surface area contributed by atoms with Gasteiger partial charge in [-0.15, -0.1) is 0 Å².